The van der Waals surface area contributed by atoms with Gasteiger partial charge in [0, 0.05) is 11.3 Å². The van der Waals surface area contributed by atoms with Crippen LogP contribution >= 0.6 is 0 Å². The van der Waals surface area contributed by atoms with Crippen LogP contribution < -0.4 is 10.1 Å². The number of carboxylic acid groups (broad SMARTS) is 1. The van der Waals surface area contributed by atoms with E-state index in [1.165, 1.54) is 0 Å². The number of nitrogens with one attached hydrogen (secondary N) is 1. The highest BCUT2D eigenvalue weighted by molar-refractivity contribution is 6.05. The van der Waals surface area contributed by atoms with Crippen molar-refractivity contribution in [2.24, 2.45) is 0 Å². The van der Waals surface area contributed by atoms with Crippen molar-refractivity contribution in [2.75, 3.05) is 11.9 Å². The van der Waals surface area contributed by atoms with Crippen molar-refractivity contribution in [3.63, 3.8) is 0 Å². The number of anilines is 1. The van der Waals surface area contributed by atoms with Gasteiger partial charge in [-0.3, -0.25) is 9.59 Å². The van der Waals surface area contributed by atoms with Crippen LogP contribution in [0.15, 0.2) is 42.5 Å². The molecule has 0 aromatic heterocycles. The lowest BCUT2D eigenvalue weighted by atomic mass is 9.92. The van der Waals surface area contributed by atoms with E-state index in [1.54, 1.807) is 24.3 Å². The zero-order valence-electron chi connectivity index (χ0n) is 16.3. The molecule has 2 rings (SSSR count). The zero-order chi connectivity index (χ0) is 20.0. The molecule has 0 radical (unpaired) electrons. The Morgan fingerprint density at radius 3 is 2.00 bits per heavy atom. The first-order valence-electron chi connectivity index (χ1n) is 9.18. The summed E-state index contributed by atoms with van der Waals surface area (Å²) in [7, 11) is 0. The third-order valence-corrected chi connectivity index (χ3v) is 4.31. The smallest absolute Gasteiger partial charge is 0.306 e. The van der Waals surface area contributed by atoms with Crippen LogP contribution in [0.4, 0.5) is 5.69 Å². The Kier molecular flexibility index (Phi) is 6.99. The fourth-order valence-corrected chi connectivity index (χ4v) is 2.84. The Morgan fingerprint density at radius 1 is 0.963 bits per heavy atom. The van der Waals surface area contributed by atoms with Crippen molar-refractivity contribution in [1.29, 1.82) is 0 Å². The molecule has 2 aromatic rings. The van der Waals surface area contributed by atoms with Crippen molar-refractivity contribution >= 4 is 17.6 Å². The standard InChI is InChI=1S/C22H27NO4/c1-14(2)18-6-5-7-19(15(3)4)21(18)23-22(26)16-8-10-17(11-9-16)27-13-12-20(24)25/h5-11,14-15H,12-13H2,1-4H3,(H,23,26)(H,24,25). The molecule has 0 atom stereocenters. The Morgan fingerprint density at radius 2 is 1.52 bits per heavy atom. The number of carbonyl (C=O) groups is 2. The largest absolute Gasteiger partial charge is 0.493 e. The maximum absolute atomic E-state index is 12.7. The van der Waals surface area contributed by atoms with Crippen molar-refractivity contribution in [1.82, 2.24) is 0 Å². The van der Waals surface area contributed by atoms with Gasteiger partial charge in [0.2, 0.25) is 0 Å². The Labute approximate surface area is 160 Å². The molecule has 27 heavy (non-hydrogen) atoms. The Balaban J connectivity index is 2.16. The number of hydrogen-bond donors (Lipinski definition) is 2. The highest BCUT2D eigenvalue weighted by Gasteiger charge is 2.16. The summed E-state index contributed by atoms with van der Waals surface area (Å²) < 4.78 is 5.36. The van der Waals surface area contributed by atoms with E-state index in [9.17, 15) is 9.59 Å². The van der Waals surface area contributed by atoms with Crippen LogP contribution in [0.2, 0.25) is 0 Å². The second-order valence-corrected chi connectivity index (χ2v) is 7.09. The molecule has 144 valence electrons. The van der Waals surface area contributed by atoms with E-state index in [0.717, 1.165) is 16.8 Å². The summed E-state index contributed by atoms with van der Waals surface area (Å²) >= 11 is 0. The van der Waals surface area contributed by atoms with Gasteiger partial charge in [0.05, 0.1) is 13.0 Å². The third-order valence-electron chi connectivity index (χ3n) is 4.31. The monoisotopic (exact) mass is 369 g/mol. The van der Waals surface area contributed by atoms with Gasteiger partial charge >= 0.3 is 5.97 Å². The summed E-state index contributed by atoms with van der Waals surface area (Å²) in [5.74, 6) is 0.0455. The van der Waals surface area contributed by atoms with Crippen molar-refractivity contribution < 1.29 is 19.4 Å². The first-order valence-corrected chi connectivity index (χ1v) is 9.18. The van der Waals surface area contributed by atoms with Crippen molar-refractivity contribution in [3.05, 3.63) is 59.2 Å². The third kappa shape index (κ3) is 5.58. The highest BCUT2D eigenvalue weighted by Crippen LogP contribution is 2.32. The number of amides is 1. The van der Waals surface area contributed by atoms with Crippen LogP contribution in [0, 0.1) is 0 Å². The van der Waals surface area contributed by atoms with Crippen LogP contribution in [-0.2, 0) is 4.79 Å². The topological polar surface area (TPSA) is 75.6 Å². The number of hydrogen-bond acceptors (Lipinski definition) is 3. The van der Waals surface area contributed by atoms with Gasteiger partial charge in [0.15, 0.2) is 0 Å². The lowest BCUT2D eigenvalue weighted by molar-refractivity contribution is -0.137. The molecular formula is C22H27NO4. The second-order valence-electron chi connectivity index (χ2n) is 7.09. The molecule has 0 bridgehead atoms. The van der Waals surface area contributed by atoms with Gasteiger partial charge in [-0.2, -0.15) is 0 Å². The molecule has 0 saturated carbocycles. The molecule has 5 heteroatoms. The Bertz CT molecular complexity index is 768. The summed E-state index contributed by atoms with van der Waals surface area (Å²) in [4.78, 5) is 23.3. The molecule has 0 aliphatic carbocycles. The molecule has 5 nitrogen and oxygen atoms in total. The fraction of sp³-hybridized carbons (Fsp3) is 0.364. The fourth-order valence-electron chi connectivity index (χ4n) is 2.84. The first-order chi connectivity index (χ1) is 12.8. The minimum absolute atomic E-state index is 0.0633. The van der Waals surface area contributed by atoms with Crippen molar-refractivity contribution in [2.45, 2.75) is 46.0 Å². The molecule has 0 heterocycles. The maximum Gasteiger partial charge on any atom is 0.306 e. The molecule has 1 amide bonds. The van der Waals surface area contributed by atoms with E-state index < -0.39 is 5.97 Å². The van der Waals surface area contributed by atoms with Crippen molar-refractivity contribution in [3.8, 4) is 5.75 Å². The lowest BCUT2D eigenvalue weighted by Crippen LogP contribution is -2.16. The minimum Gasteiger partial charge on any atom is -0.493 e. The molecule has 0 fully saturated rings. The van der Waals surface area contributed by atoms with Gasteiger partial charge in [0.1, 0.15) is 5.75 Å². The zero-order valence-corrected chi connectivity index (χ0v) is 16.3. The summed E-state index contributed by atoms with van der Waals surface area (Å²) in [5.41, 5.74) is 3.63. The Hall–Kier alpha value is -2.82. The van der Waals surface area contributed by atoms with E-state index >= 15 is 0 Å². The second kappa shape index (κ2) is 9.21. The average molecular weight is 369 g/mol. The normalized spacial score (nSPS) is 10.9. The SMILES string of the molecule is CC(C)c1cccc(C(C)C)c1NC(=O)c1ccc(OCCC(=O)O)cc1. The van der Waals surface area contributed by atoms with Crippen LogP contribution in [-0.4, -0.2) is 23.6 Å². The number of benzene rings is 2. The van der Waals surface area contributed by atoms with Gasteiger partial charge in [-0.25, -0.2) is 0 Å². The first kappa shape index (κ1) is 20.5. The molecule has 0 unspecified atom stereocenters. The van der Waals surface area contributed by atoms with Gasteiger partial charge in [-0.1, -0.05) is 45.9 Å². The molecule has 0 spiro atoms. The average Bonchev–Trinajstić information content (AvgIpc) is 2.61. The number of ether oxygens (including phenoxy) is 1. The molecule has 0 aliphatic rings. The summed E-state index contributed by atoms with van der Waals surface area (Å²) in [5, 5.41) is 11.7. The molecule has 0 aliphatic heterocycles. The number of rotatable bonds is 8. The van der Waals surface area contributed by atoms with E-state index in [2.05, 4.69) is 33.0 Å². The molecular weight excluding hydrogens is 342 g/mol. The van der Waals surface area contributed by atoms with Gasteiger partial charge in [0.25, 0.3) is 5.91 Å². The maximum atomic E-state index is 12.7. The highest BCUT2D eigenvalue weighted by atomic mass is 16.5. The predicted molar refractivity (Wildman–Crippen MR) is 107 cm³/mol. The number of carboxylic acids is 1. The van der Waals surface area contributed by atoms with Crippen LogP contribution in [0.5, 0.6) is 5.75 Å². The van der Waals surface area contributed by atoms with E-state index in [-0.39, 0.29) is 18.9 Å². The number of carbonyl (C=O) groups excluding carboxylic acids is 1. The van der Waals surface area contributed by atoms with Crippen LogP contribution in [0.3, 0.4) is 0 Å². The summed E-state index contributed by atoms with van der Waals surface area (Å²) in [6.45, 7) is 8.54. The quantitative estimate of drug-likeness (QED) is 0.683. The van der Waals surface area contributed by atoms with Crippen LogP contribution in [0.1, 0.15) is 67.4 Å². The van der Waals surface area contributed by atoms with Gasteiger partial charge in [-0.05, 0) is 47.2 Å². The number of para-hydroxylation sites is 1. The number of aliphatic carboxylic acids is 1. The van der Waals surface area contributed by atoms with Gasteiger partial charge in [-0.15, -0.1) is 0 Å². The molecule has 2 N–H and O–H groups in total. The lowest BCUT2D eigenvalue weighted by Gasteiger charge is -2.20. The predicted octanol–water partition coefficient (Wildman–Crippen LogP) is 5.04. The summed E-state index contributed by atoms with van der Waals surface area (Å²) in [6.07, 6.45) is -0.0633. The molecule has 2 aromatic carbocycles. The van der Waals surface area contributed by atoms with E-state index in [0.29, 0.717) is 23.1 Å². The molecule has 0 saturated heterocycles. The van der Waals surface area contributed by atoms with Gasteiger partial charge < -0.3 is 15.2 Å². The van der Waals surface area contributed by atoms with Crippen LogP contribution in [0.25, 0.3) is 0 Å². The van der Waals surface area contributed by atoms with E-state index in [4.69, 9.17) is 9.84 Å². The van der Waals surface area contributed by atoms with E-state index in [1.807, 2.05) is 18.2 Å². The summed E-state index contributed by atoms with van der Waals surface area (Å²) in [6, 6.07) is 12.8. The minimum atomic E-state index is -0.907.